The second-order valence-electron chi connectivity index (χ2n) is 11.5. The molecule has 0 fully saturated rings. The highest BCUT2D eigenvalue weighted by Crippen LogP contribution is 2.63. The Bertz CT molecular complexity index is 1640. The number of hydrogen-bond donors (Lipinski definition) is 0. The fourth-order valence-electron chi connectivity index (χ4n) is 6.46. The van der Waals surface area contributed by atoms with Crippen molar-refractivity contribution in [3.63, 3.8) is 0 Å². The molecule has 0 atom stereocenters. The van der Waals surface area contributed by atoms with E-state index in [4.69, 9.17) is 4.74 Å². The first-order valence-corrected chi connectivity index (χ1v) is 13.1. The van der Waals surface area contributed by atoms with Crippen LogP contribution < -0.4 is 4.74 Å². The van der Waals surface area contributed by atoms with Crippen LogP contribution in [0.4, 0.5) is 0 Å². The van der Waals surface area contributed by atoms with Crippen molar-refractivity contribution in [3.8, 4) is 33.8 Å². The molecule has 0 bridgehead atoms. The molecule has 0 N–H and O–H groups in total. The number of ether oxygens (including phenoxy) is 1. The summed E-state index contributed by atoms with van der Waals surface area (Å²) in [7, 11) is 0. The highest BCUT2D eigenvalue weighted by atomic mass is 16.5. The quantitative estimate of drug-likeness (QED) is 0.228. The molecule has 2 aliphatic rings. The molecular formula is C36H30O. The Labute approximate surface area is 219 Å². The SMILES string of the molecule is Cc1cc(-c2ccc(C(C)(C)C)cc2)c2c(c1)C1(c3ccccc3O2)c2ccccc2-c2ccccc21. The normalized spacial score (nSPS) is 14.4. The molecule has 0 unspecified atom stereocenters. The summed E-state index contributed by atoms with van der Waals surface area (Å²) in [6.07, 6.45) is 0. The van der Waals surface area contributed by atoms with Crippen molar-refractivity contribution >= 4 is 0 Å². The fraction of sp³-hybridized carbons (Fsp3) is 0.167. The average Bonchev–Trinajstić information content (AvgIpc) is 3.20. The number of para-hydroxylation sites is 1. The van der Waals surface area contributed by atoms with Crippen molar-refractivity contribution in [3.05, 3.63) is 143 Å². The largest absolute Gasteiger partial charge is 0.456 e. The summed E-state index contributed by atoms with van der Waals surface area (Å²) in [6, 6.07) is 40.0. The fourth-order valence-corrected chi connectivity index (χ4v) is 6.46. The van der Waals surface area contributed by atoms with Gasteiger partial charge in [0.25, 0.3) is 0 Å². The summed E-state index contributed by atoms with van der Waals surface area (Å²) in [5.41, 5.74) is 12.3. The number of fused-ring (bicyclic) bond motifs is 9. The van der Waals surface area contributed by atoms with Gasteiger partial charge in [-0.05, 0) is 63.4 Å². The molecule has 0 radical (unpaired) electrons. The summed E-state index contributed by atoms with van der Waals surface area (Å²) in [4.78, 5) is 0. The summed E-state index contributed by atoms with van der Waals surface area (Å²) >= 11 is 0. The monoisotopic (exact) mass is 478 g/mol. The van der Waals surface area contributed by atoms with E-state index in [-0.39, 0.29) is 5.41 Å². The Morgan fingerprint density at radius 2 is 1.14 bits per heavy atom. The van der Waals surface area contributed by atoms with Crippen LogP contribution in [0.15, 0.2) is 109 Å². The van der Waals surface area contributed by atoms with Gasteiger partial charge in [-0.15, -0.1) is 0 Å². The molecule has 1 heteroatoms. The van der Waals surface area contributed by atoms with Crippen molar-refractivity contribution in [1.29, 1.82) is 0 Å². The number of hydrogen-bond acceptors (Lipinski definition) is 1. The van der Waals surface area contributed by atoms with E-state index in [9.17, 15) is 0 Å². The van der Waals surface area contributed by atoms with Crippen LogP contribution in [0.2, 0.25) is 0 Å². The molecular weight excluding hydrogens is 448 g/mol. The first-order chi connectivity index (χ1) is 17.9. The van der Waals surface area contributed by atoms with Gasteiger partial charge in [-0.1, -0.05) is 118 Å². The maximum atomic E-state index is 6.83. The van der Waals surface area contributed by atoms with E-state index >= 15 is 0 Å². The van der Waals surface area contributed by atoms with Crippen LogP contribution in [0.1, 0.15) is 54.2 Å². The minimum atomic E-state index is -0.427. The predicted molar refractivity (Wildman–Crippen MR) is 153 cm³/mol. The molecule has 1 heterocycles. The lowest BCUT2D eigenvalue weighted by Gasteiger charge is -2.40. The smallest absolute Gasteiger partial charge is 0.140 e. The summed E-state index contributed by atoms with van der Waals surface area (Å²) in [5, 5.41) is 0. The third-order valence-electron chi connectivity index (χ3n) is 8.15. The van der Waals surface area contributed by atoms with Crippen molar-refractivity contribution in [2.45, 2.75) is 38.5 Å². The second kappa shape index (κ2) is 7.70. The Kier molecular flexibility index (Phi) is 4.60. The highest BCUT2D eigenvalue weighted by molar-refractivity contribution is 5.90. The van der Waals surface area contributed by atoms with Crippen LogP contribution in [0.5, 0.6) is 11.5 Å². The zero-order valence-electron chi connectivity index (χ0n) is 21.8. The van der Waals surface area contributed by atoms with Crippen molar-refractivity contribution in [1.82, 2.24) is 0 Å². The maximum Gasteiger partial charge on any atom is 0.140 e. The Balaban J connectivity index is 1.58. The van der Waals surface area contributed by atoms with Gasteiger partial charge in [-0.25, -0.2) is 0 Å². The summed E-state index contributed by atoms with van der Waals surface area (Å²) in [5.74, 6) is 1.89. The van der Waals surface area contributed by atoms with E-state index in [0.717, 1.165) is 17.1 Å². The van der Waals surface area contributed by atoms with E-state index in [2.05, 4.69) is 137 Å². The standard InChI is InChI=1S/C36H30O/c1-23-21-28(24-17-19-25(20-18-24)35(2,3)4)34-32(22-23)36(31-15-9-10-16-33(31)37-34)29-13-7-5-11-26(29)27-12-6-8-14-30(27)36/h5-22H,1-4H3. The zero-order chi connectivity index (χ0) is 25.4. The van der Waals surface area contributed by atoms with Gasteiger partial charge in [0.1, 0.15) is 11.5 Å². The lowest BCUT2D eigenvalue weighted by Crippen LogP contribution is -2.32. The highest BCUT2D eigenvalue weighted by Gasteiger charge is 2.51. The minimum absolute atomic E-state index is 0.112. The van der Waals surface area contributed by atoms with Crippen LogP contribution >= 0.6 is 0 Å². The molecule has 1 aliphatic heterocycles. The minimum Gasteiger partial charge on any atom is -0.456 e. The van der Waals surface area contributed by atoms with Crippen LogP contribution in [-0.2, 0) is 10.8 Å². The molecule has 5 aromatic carbocycles. The molecule has 7 rings (SSSR count). The van der Waals surface area contributed by atoms with Crippen LogP contribution in [-0.4, -0.2) is 0 Å². The van der Waals surface area contributed by atoms with Gasteiger partial charge in [0, 0.05) is 16.7 Å². The first kappa shape index (κ1) is 22.1. The Morgan fingerprint density at radius 1 is 0.568 bits per heavy atom. The lowest BCUT2D eigenvalue weighted by molar-refractivity contribution is 0.438. The first-order valence-electron chi connectivity index (χ1n) is 13.1. The van der Waals surface area contributed by atoms with Crippen LogP contribution in [0.3, 0.4) is 0 Å². The van der Waals surface area contributed by atoms with Gasteiger partial charge in [0.15, 0.2) is 0 Å². The Morgan fingerprint density at radius 3 is 1.76 bits per heavy atom. The van der Waals surface area contributed by atoms with E-state index in [0.29, 0.717) is 0 Å². The van der Waals surface area contributed by atoms with Gasteiger partial charge in [0.05, 0.1) is 5.41 Å². The zero-order valence-corrected chi connectivity index (χ0v) is 21.8. The topological polar surface area (TPSA) is 9.23 Å². The number of rotatable bonds is 1. The third-order valence-corrected chi connectivity index (χ3v) is 8.15. The molecule has 0 amide bonds. The molecule has 1 spiro atoms. The molecule has 37 heavy (non-hydrogen) atoms. The molecule has 1 nitrogen and oxygen atoms in total. The van der Waals surface area contributed by atoms with Crippen molar-refractivity contribution < 1.29 is 4.74 Å². The average molecular weight is 479 g/mol. The van der Waals surface area contributed by atoms with Gasteiger partial charge < -0.3 is 4.74 Å². The molecule has 180 valence electrons. The third kappa shape index (κ3) is 3.04. The van der Waals surface area contributed by atoms with E-state index in [1.54, 1.807) is 0 Å². The van der Waals surface area contributed by atoms with Crippen molar-refractivity contribution in [2.24, 2.45) is 0 Å². The van der Waals surface area contributed by atoms with Gasteiger partial charge in [-0.3, -0.25) is 0 Å². The van der Waals surface area contributed by atoms with Crippen LogP contribution in [0, 0.1) is 6.92 Å². The number of benzene rings is 5. The second-order valence-corrected chi connectivity index (χ2v) is 11.5. The van der Waals surface area contributed by atoms with Gasteiger partial charge in [0.2, 0.25) is 0 Å². The van der Waals surface area contributed by atoms with Crippen LogP contribution in [0.25, 0.3) is 22.3 Å². The van der Waals surface area contributed by atoms with E-state index < -0.39 is 5.41 Å². The molecule has 0 saturated heterocycles. The molecule has 1 aliphatic carbocycles. The lowest BCUT2D eigenvalue weighted by atomic mass is 9.65. The predicted octanol–water partition coefficient (Wildman–Crippen LogP) is 9.43. The van der Waals surface area contributed by atoms with E-state index in [1.807, 2.05) is 0 Å². The summed E-state index contributed by atoms with van der Waals surface area (Å²) in [6.45, 7) is 8.98. The molecule has 5 aromatic rings. The van der Waals surface area contributed by atoms with Crippen molar-refractivity contribution in [2.75, 3.05) is 0 Å². The van der Waals surface area contributed by atoms with E-state index in [1.165, 1.54) is 50.1 Å². The number of aryl methyl sites for hydroxylation is 1. The Hall–Kier alpha value is -4.10. The molecule has 0 aromatic heterocycles. The maximum absolute atomic E-state index is 6.83. The van der Waals surface area contributed by atoms with Gasteiger partial charge >= 0.3 is 0 Å². The summed E-state index contributed by atoms with van der Waals surface area (Å²) < 4.78 is 6.83. The van der Waals surface area contributed by atoms with Gasteiger partial charge in [-0.2, -0.15) is 0 Å². The molecule has 0 saturated carbocycles.